The molecule has 1 heterocycles. The number of rotatable bonds is 2. The zero-order chi connectivity index (χ0) is 11.5. The van der Waals surface area contributed by atoms with Crippen LogP contribution in [0.25, 0.3) is 5.69 Å². The maximum absolute atomic E-state index is 4.49. The Morgan fingerprint density at radius 3 is 2.62 bits per heavy atom. The zero-order valence-corrected chi connectivity index (χ0v) is 10.9. The summed E-state index contributed by atoms with van der Waals surface area (Å²) >= 11 is 3.05. The van der Waals surface area contributed by atoms with Crippen LogP contribution in [-0.2, 0) is 0 Å². The number of hydrogen-bond acceptors (Lipinski definition) is 2. The van der Waals surface area contributed by atoms with Crippen molar-refractivity contribution in [3.63, 3.8) is 0 Å². The van der Waals surface area contributed by atoms with Gasteiger partial charge in [-0.1, -0.05) is 0 Å². The van der Waals surface area contributed by atoms with Gasteiger partial charge in [0, 0.05) is 0 Å². The molecular formula is C12H12N3Se. The molecule has 0 spiro atoms. The van der Waals surface area contributed by atoms with Crippen molar-refractivity contribution in [2.75, 3.05) is 7.05 Å². The van der Waals surface area contributed by atoms with Crippen LogP contribution in [0.3, 0.4) is 0 Å². The fourth-order valence-electron chi connectivity index (χ4n) is 1.54. The summed E-state index contributed by atoms with van der Waals surface area (Å²) in [5, 5.41) is 4.49. The van der Waals surface area contributed by atoms with Crippen molar-refractivity contribution >= 4 is 26.8 Å². The molecular weight excluding hydrogens is 265 g/mol. The van der Waals surface area contributed by atoms with E-state index in [1.165, 1.54) is 0 Å². The first-order valence-electron chi connectivity index (χ1n) is 4.98. The Hall–Kier alpha value is -1.38. The quantitative estimate of drug-likeness (QED) is 0.595. The van der Waals surface area contributed by atoms with Crippen LogP contribution in [-0.4, -0.2) is 39.1 Å². The number of aromatic nitrogens is 2. The molecule has 1 aromatic carbocycles. The Kier molecular flexibility index (Phi) is 3.22. The van der Waals surface area contributed by atoms with E-state index in [9.17, 15) is 0 Å². The summed E-state index contributed by atoms with van der Waals surface area (Å²) in [6.45, 7) is 1.98. The van der Waals surface area contributed by atoms with Gasteiger partial charge in [0.05, 0.1) is 0 Å². The number of hydrogen-bond donors (Lipinski definition) is 0. The number of aryl methyl sites for hydroxylation is 1. The number of aliphatic imine (C=N–C) groups is 1. The minimum absolute atomic E-state index is 0.975. The van der Waals surface area contributed by atoms with E-state index in [1.807, 2.05) is 48.2 Å². The van der Waals surface area contributed by atoms with Crippen molar-refractivity contribution in [1.29, 1.82) is 0 Å². The minimum atomic E-state index is 0.975. The molecule has 81 valence electrons. The van der Waals surface area contributed by atoms with Crippen LogP contribution in [0.1, 0.15) is 11.3 Å². The molecule has 0 aliphatic rings. The van der Waals surface area contributed by atoms with Crippen LogP contribution in [0.4, 0.5) is 0 Å². The number of nitrogens with zero attached hydrogens (tertiary/aromatic N) is 3. The van der Waals surface area contributed by atoms with Gasteiger partial charge in [0.25, 0.3) is 0 Å². The third-order valence-corrected chi connectivity index (χ3v) is 3.15. The summed E-state index contributed by atoms with van der Waals surface area (Å²) in [6.07, 6.45) is 1.83. The van der Waals surface area contributed by atoms with Crippen LogP contribution in [0.5, 0.6) is 0 Å². The van der Waals surface area contributed by atoms with Gasteiger partial charge in [-0.2, -0.15) is 0 Å². The van der Waals surface area contributed by atoms with Crippen molar-refractivity contribution in [3.05, 3.63) is 41.6 Å². The molecule has 0 bridgehead atoms. The monoisotopic (exact) mass is 278 g/mol. The molecule has 4 heteroatoms. The third-order valence-electron chi connectivity index (χ3n) is 2.32. The second kappa shape index (κ2) is 4.64. The van der Waals surface area contributed by atoms with Gasteiger partial charge in [0.1, 0.15) is 0 Å². The SMILES string of the molecule is CN=Cc1c(C)nn(-c2ccccc2)c1[Se]. The molecule has 2 rings (SSSR count). The Morgan fingerprint density at radius 2 is 2.00 bits per heavy atom. The summed E-state index contributed by atoms with van der Waals surface area (Å²) < 4.78 is 2.89. The van der Waals surface area contributed by atoms with Crippen LogP contribution in [0.15, 0.2) is 35.3 Å². The average Bonchev–Trinajstić information content (AvgIpc) is 2.59. The molecule has 16 heavy (non-hydrogen) atoms. The average molecular weight is 277 g/mol. The van der Waals surface area contributed by atoms with Crippen molar-refractivity contribution < 1.29 is 0 Å². The van der Waals surface area contributed by atoms with Crippen LogP contribution >= 0.6 is 0 Å². The van der Waals surface area contributed by atoms with Crippen molar-refractivity contribution in [1.82, 2.24) is 9.78 Å². The number of para-hydroxylation sites is 1. The van der Waals surface area contributed by atoms with Gasteiger partial charge in [-0.15, -0.1) is 0 Å². The number of benzene rings is 1. The van der Waals surface area contributed by atoms with Crippen molar-refractivity contribution in [3.8, 4) is 5.69 Å². The van der Waals surface area contributed by atoms with E-state index in [0.29, 0.717) is 0 Å². The fourth-order valence-corrected chi connectivity index (χ4v) is 2.27. The van der Waals surface area contributed by atoms with E-state index in [-0.39, 0.29) is 0 Å². The second-order valence-electron chi connectivity index (χ2n) is 3.44. The van der Waals surface area contributed by atoms with Crippen LogP contribution < -0.4 is 4.59 Å². The van der Waals surface area contributed by atoms with E-state index < -0.39 is 0 Å². The van der Waals surface area contributed by atoms with Gasteiger partial charge in [-0.3, -0.25) is 0 Å². The third kappa shape index (κ3) is 1.94. The molecule has 0 unspecified atom stereocenters. The van der Waals surface area contributed by atoms with E-state index in [0.717, 1.165) is 21.5 Å². The predicted molar refractivity (Wildman–Crippen MR) is 67.2 cm³/mol. The molecule has 1 radical (unpaired) electrons. The van der Waals surface area contributed by atoms with Crippen molar-refractivity contribution in [2.24, 2.45) is 4.99 Å². The molecule has 0 saturated carbocycles. The van der Waals surface area contributed by atoms with Gasteiger partial charge in [-0.05, 0) is 0 Å². The summed E-state index contributed by atoms with van der Waals surface area (Å²) in [7, 11) is 1.76. The normalized spacial score (nSPS) is 11.1. The molecule has 0 fully saturated rings. The first-order valence-corrected chi connectivity index (χ1v) is 5.84. The summed E-state index contributed by atoms with van der Waals surface area (Å²) in [6, 6.07) is 10.0. The van der Waals surface area contributed by atoms with Gasteiger partial charge in [-0.25, -0.2) is 0 Å². The first kappa shape index (κ1) is 11.1. The fraction of sp³-hybridized carbons (Fsp3) is 0.167. The van der Waals surface area contributed by atoms with Crippen LogP contribution in [0.2, 0.25) is 0 Å². The van der Waals surface area contributed by atoms with Crippen LogP contribution in [0, 0.1) is 6.92 Å². The maximum atomic E-state index is 4.49. The molecule has 0 saturated heterocycles. The Bertz CT molecular complexity index is 515. The van der Waals surface area contributed by atoms with Gasteiger partial charge < -0.3 is 0 Å². The second-order valence-corrected chi connectivity index (χ2v) is 4.25. The molecule has 0 aliphatic carbocycles. The van der Waals surface area contributed by atoms with Gasteiger partial charge in [0.2, 0.25) is 0 Å². The molecule has 0 aliphatic heterocycles. The van der Waals surface area contributed by atoms with E-state index >= 15 is 0 Å². The molecule has 0 N–H and O–H groups in total. The zero-order valence-electron chi connectivity index (χ0n) is 9.21. The van der Waals surface area contributed by atoms with E-state index in [1.54, 1.807) is 7.05 Å². The first-order chi connectivity index (χ1) is 7.74. The van der Waals surface area contributed by atoms with Gasteiger partial charge in [0.15, 0.2) is 0 Å². The Morgan fingerprint density at radius 1 is 1.31 bits per heavy atom. The summed E-state index contributed by atoms with van der Waals surface area (Å²) in [4.78, 5) is 4.04. The molecule has 3 nitrogen and oxygen atoms in total. The molecule has 0 atom stereocenters. The van der Waals surface area contributed by atoms with E-state index in [2.05, 4.69) is 26.1 Å². The summed E-state index contributed by atoms with van der Waals surface area (Å²) in [5.74, 6) is 0. The summed E-state index contributed by atoms with van der Waals surface area (Å²) in [5.41, 5.74) is 3.07. The standard InChI is InChI=1S/C12H12N3Se/c1-9-11(8-13-2)12(16)15(14-9)10-6-4-3-5-7-10/h3-8H,1-2H3. The molecule has 1 aromatic heterocycles. The topological polar surface area (TPSA) is 30.2 Å². The Labute approximate surface area is 103 Å². The molecule has 0 amide bonds. The molecule has 2 aromatic rings. The van der Waals surface area contributed by atoms with Crippen molar-refractivity contribution in [2.45, 2.75) is 6.92 Å². The van der Waals surface area contributed by atoms with Gasteiger partial charge >= 0.3 is 103 Å². The Balaban J connectivity index is 2.56. The predicted octanol–water partition coefficient (Wildman–Crippen LogP) is 1.02. The van der Waals surface area contributed by atoms with E-state index in [4.69, 9.17) is 0 Å².